The van der Waals surface area contributed by atoms with Crippen LogP contribution in [0.4, 0.5) is 0 Å². The van der Waals surface area contributed by atoms with Gasteiger partial charge >= 0.3 is 11.4 Å². The molecule has 0 fully saturated rings. The molecule has 6 nitrogen and oxygen atoms in total. The third kappa shape index (κ3) is 2.15. The molecule has 15 heavy (non-hydrogen) atoms. The Hall–Kier alpha value is -1.43. The Bertz CT molecular complexity index is 447. The van der Waals surface area contributed by atoms with E-state index in [2.05, 4.69) is 4.98 Å². The molecule has 0 atom stereocenters. The van der Waals surface area contributed by atoms with Crippen molar-refractivity contribution in [2.75, 3.05) is 6.61 Å². The fourth-order valence-electron chi connectivity index (χ4n) is 1.27. The first-order chi connectivity index (χ1) is 7.20. The molecule has 1 aromatic heterocycles. The van der Waals surface area contributed by atoms with Crippen molar-refractivity contribution in [2.45, 2.75) is 27.0 Å². The van der Waals surface area contributed by atoms with Crippen LogP contribution in [0.5, 0.6) is 0 Å². The third-order valence-corrected chi connectivity index (χ3v) is 2.03. The molecule has 0 N–H and O–H groups in total. The zero-order valence-corrected chi connectivity index (χ0v) is 9.19. The zero-order chi connectivity index (χ0) is 11.4. The summed E-state index contributed by atoms with van der Waals surface area (Å²) in [6.07, 6.45) is 0. The normalized spacial score (nSPS) is 13.8. The van der Waals surface area contributed by atoms with Crippen molar-refractivity contribution in [2.24, 2.45) is 7.05 Å². The highest BCUT2D eigenvalue weighted by atomic mass is 16.5. The molecule has 2 heterocycles. The summed E-state index contributed by atoms with van der Waals surface area (Å²) in [7, 11) is 1.42. The number of ether oxygens (including phenoxy) is 1. The lowest BCUT2D eigenvalue weighted by Gasteiger charge is -2.17. The Kier molecular flexibility index (Phi) is 3.79. The molecule has 0 amide bonds. The Morgan fingerprint density at radius 2 is 2.00 bits per heavy atom. The lowest BCUT2D eigenvalue weighted by atomic mass is 10.5. The molecule has 0 unspecified atom stereocenters. The van der Waals surface area contributed by atoms with Crippen LogP contribution < -0.4 is 11.4 Å². The summed E-state index contributed by atoms with van der Waals surface area (Å²) in [6, 6.07) is 0. The second-order valence-electron chi connectivity index (χ2n) is 2.86. The predicted molar refractivity (Wildman–Crippen MR) is 54.7 cm³/mol. The van der Waals surface area contributed by atoms with Crippen molar-refractivity contribution in [3.8, 4) is 0 Å². The average Bonchev–Trinajstić information content (AvgIpc) is 2.29. The monoisotopic (exact) mass is 213 g/mol. The minimum Gasteiger partial charge on any atom is -0.372 e. The maximum absolute atomic E-state index is 11.5. The summed E-state index contributed by atoms with van der Waals surface area (Å²) in [5, 5.41) is 0. The first kappa shape index (κ1) is 11.6. The summed E-state index contributed by atoms with van der Waals surface area (Å²) in [5.41, 5.74) is -0.847. The molecule has 0 radical (unpaired) electrons. The number of hydrogen-bond donors (Lipinski definition) is 0. The fraction of sp³-hybridized carbons (Fsp3) is 0.667. The standard InChI is InChI=1S/C7H9N3O3.C2H6/c1-9-6(11)8-5-4-13-3-2-10(5)7(9)12;1-2/h2-4H2,1H3;1-2H3. The van der Waals surface area contributed by atoms with Gasteiger partial charge in [0, 0.05) is 7.05 Å². The van der Waals surface area contributed by atoms with Gasteiger partial charge in [-0.1, -0.05) is 13.8 Å². The van der Waals surface area contributed by atoms with Crippen LogP contribution in [-0.2, 0) is 24.9 Å². The van der Waals surface area contributed by atoms with E-state index in [1.54, 1.807) is 0 Å². The van der Waals surface area contributed by atoms with Crippen molar-refractivity contribution in [3.63, 3.8) is 0 Å². The van der Waals surface area contributed by atoms with Gasteiger partial charge in [-0.2, -0.15) is 4.98 Å². The highest BCUT2D eigenvalue weighted by Crippen LogP contribution is 1.99. The second-order valence-corrected chi connectivity index (χ2v) is 2.86. The van der Waals surface area contributed by atoms with Crippen molar-refractivity contribution < 1.29 is 4.74 Å². The number of rotatable bonds is 0. The molecule has 1 aliphatic rings. The molecule has 0 saturated carbocycles. The van der Waals surface area contributed by atoms with Gasteiger partial charge in [0.15, 0.2) is 0 Å². The van der Waals surface area contributed by atoms with Crippen molar-refractivity contribution in [3.05, 3.63) is 26.8 Å². The summed E-state index contributed by atoms with van der Waals surface area (Å²) in [6.45, 7) is 5.20. The minimum atomic E-state index is -0.526. The summed E-state index contributed by atoms with van der Waals surface area (Å²) < 4.78 is 7.53. The molecule has 0 bridgehead atoms. The molecule has 1 aromatic rings. The van der Waals surface area contributed by atoms with E-state index in [1.807, 2.05) is 13.8 Å². The van der Waals surface area contributed by atoms with Crippen LogP contribution in [0, 0.1) is 0 Å². The van der Waals surface area contributed by atoms with Crippen LogP contribution in [0.1, 0.15) is 19.7 Å². The van der Waals surface area contributed by atoms with Gasteiger partial charge < -0.3 is 4.74 Å². The van der Waals surface area contributed by atoms with Gasteiger partial charge in [-0.25, -0.2) is 14.2 Å². The quantitative estimate of drug-likeness (QED) is 0.582. The van der Waals surface area contributed by atoms with E-state index in [1.165, 1.54) is 11.6 Å². The summed E-state index contributed by atoms with van der Waals surface area (Å²) in [4.78, 5) is 26.3. The Labute approximate surface area is 87.1 Å². The molecule has 0 spiro atoms. The Morgan fingerprint density at radius 3 is 2.67 bits per heavy atom. The SMILES string of the molecule is CC.Cn1c(=O)nc2n(c1=O)CCOC2. The summed E-state index contributed by atoms with van der Waals surface area (Å²) >= 11 is 0. The van der Waals surface area contributed by atoms with E-state index in [0.29, 0.717) is 19.0 Å². The molecule has 6 heteroatoms. The van der Waals surface area contributed by atoms with Crippen molar-refractivity contribution in [1.29, 1.82) is 0 Å². The van der Waals surface area contributed by atoms with E-state index in [4.69, 9.17) is 4.74 Å². The van der Waals surface area contributed by atoms with Gasteiger partial charge in [0.25, 0.3) is 0 Å². The zero-order valence-electron chi connectivity index (χ0n) is 9.19. The molecule has 0 saturated heterocycles. The molecule has 0 aliphatic carbocycles. The highest BCUT2D eigenvalue weighted by molar-refractivity contribution is 4.88. The smallest absolute Gasteiger partial charge is 0.353 e. The van der Waals surface area contributed by atoms with E-state index in [0.717, 1.165) is 4.57 Å². The minimum absolute atomic E-state index is 0.241. The lowest BCUT2D eigenvalue weighted by Crippen LogP contribution is -2.44. The van der Waals surface area contributed by atoms with Crippen LogP contribution in [0.25, 0.3) is 0 Å². The van der Waals surface area contributed by atoms with Crippen LogP contribution >= 0.6 is 0 Å². The van der Waals surface area contributed by atoms with Crippen LogP contribution in [0.3, 0.4) is 0 Å². The maximum atomic E-state index is 11.5. The maximum Gasteiger partial charge on any atom is 0.353 e. The number of aromatic nitrogens is 3. The van der Waals surface area contributed by atoms with Crippen LogP contribution in [0.2, 0.25) is 0 Å². The van der Waals surface area contributed by atoms with Gasteiger partial charge in [-0.3, -0.25) is 4.57 Å². The first-order valence-corrected chi connectivity index (χ1v) is 4.94. The summed E-state index contributed by atoms with van der Waals surface area (Å²) in [5.74, 6) is 0.416. The van der Waals surface area contributed by atoms with Gasteiger partial charge in [0.1, 0.15) is 12.4 Å². The molecular weight excluding hydrogens is 198 g/mol. The first-order valence-electron chi connectivity index (χ1n) is 4.94. The van der Waals surface area contributed by atoms with Crippen LogP contribution in [-0.4, -0.2) is 20.7 Å². The molecule has 2 rings (SSSR count). The Balaban J connectivity index is 0.000000531. The third-order valence-electron chi connectivity index (χ3n) is 2.03. The van der Waals surface area contributed by atoms with Gasteiger partial charge in [0.2, 0.25) is 0 Å². The average molecular weight is 213 g/mol. The van der Waals surface area contributed by atoms with E-state index < -0.39 is 5.69 Å². The second kappa shape index (κ2) is 4.88. The number of fused-ring (bicyclic) bond motifs is 1. The van der Waals surface area contributed by atoms with Gasteiger partial charge in [0.05, 0.1) is 13.2 Å². The molecule has 84 valence electrons. The number of nitrogens with zero attached hydrogens (tertiary/aromatic N) is 3. The predicted octanol–water partition coefficient (Wildman–Crippen LogP) is -0.502. The Morgan fingerprint density at radius 1 is 1.33 bits per heavy atom. The van der Waals surface area contributed by atoms with Crippen molar-refractivity contribution in [1.82, 2.24) is 14.1 Å². The molecular formula is C9H15N3O3. The van der Waals surface area contributed by atoms with Gasteiger partial charge in [-0.15, -0.1) is 0 Å². The number of hydrogen-bond acceptors (Lipinski definition) is 4. The van der Waals surface area contributed by atoms with Crippen LogP contribution in [0.15, 0.2) is 9.59 Å². The topological polar surface area (TPSA) is 66.1 Å². The lowest BCUT2D eigenvalue weighted by molar-refractivity contribution is 0.0758. The van der Waals surface area contributed by atoms with E-state index >= 15 is 0 Å². The van der Waals surface area contributed by atoms with Crippen molar-refractivity contribution >= 4 is 0 Å². The molecule has 0 aromatic carbocycles. The van der Waals surface area contributed by atoms with Gasteiger partial charge in [-0.05, 0) is 0 Å². The van der Waals surface area contributed by atoms with E-state index in [-0.39, 0.29) is 12.3 Å². The highest BCUT2D eigenvalue weighted by Gasteiger charge is 2.14. The fourth-order valence-corrected chi connectivity index (χ4v) is 1.27. The largest absolute Gasteiger partial charge is 0.372 e. The molecule has 1 aliphatic heterocycles. The van der Waals surface area contributed by atoms with E-state index in [9.17, 15) is 9.59 Å².